The van der Waals surface area contributed by atoms with Crippen molar-refractivity contribution in [3.05, 3.63) is 120 Å². The van der Waals surface area contributed by atoms with E-state index in [1.165, 1.54) is 6.92 Å². The number of carbonyl (C=O) groups is 6. The van der Waals surface area contributed by atoms with Crippen molar-refractivity contribution in [1.29, 1.82) is 0 Å². The normalized spacial score (nSPS) is 17.9. The van der Waals surface area contributed by atoms with E-state index in [2.05, 4.69) is 41.9 Å². The van der Waals surface area contributed by atoms with Crippen molar-refractivity contribution in [1.82, 2.24) is 60.8 Å². The maximum atomic E-state index is 14.1. The Labute approximate surface area is 487 Å². The topological polar surface area (TPSA) is 235 Å². The lowest BCUT2D eigenvalue weighted by molar-refractivity contribution is -0.139. The number of amides is 6. The van der Waals surface area contributed by atoms with Gasteiger partial charge in [-0.15, -0.1) is 0 Å². The average Bonchev–Trinajstić information content (AvgIpc) is 1.84. The van der Waals surface area contributed by atoms with Crippen molar-refractivity contribution in [3.63, 3.8) is 0 Å². The number of fused-ring (bicyclic) bond motifs is 2. The molecule has 6 N–H and O–H groups in total. The maximum Gasteiger partial charge on any atom is 0.253 e. The van der Waals surface area contributed by atoms with Crippen LogP contribution >= 0.6 is 0 Å². The molecule has 0 radical (unpaired) electrons. The summed E-state index contributed by atoms with van der Waals surface area (Å²) in [6, 6.07) is 15.1. The zero-order chi connectivity index (χ0) is 62.5. The molecule has 82 heavy (non-hydrogen) atoms. The number of nitrogens with zero attached hydrogens (tertiary/aromatic N) is 6. The fourth-order valence-electron chi connectivity index (χ4n) is 10.8. The average molecular weight is 1130 g/mol. The minimum atomic E-state index is -2.52. The smallest absolute Gasteiger partial charge is 0.253 e. The molecule has 0 saturated carbocycles. The summed E-state index contributed by atoms with van der Waals surface area (Å²) >= 11 is 0. The van der Waals surface area contributed by atoms with Crippen LogP contribution in [0.2, 0.25) is 0 Å². The number of ether oxygens (including phenoxy) is 2. The van der Waals surface area contributed by atoms with Crippen LogP contribution in [0.4, 0.5) is 0 Å². The van der Waals surface area contributed by atoms with Crippen molar-refractivity contribution in [3.8, 4) is 11.4 Å². The van der Waals surface area contributed by atoms with Crippen molar-refractivity contribution in [2.75, 3.05) is 66.6 Å². The summed E-state index contributed by atoms with van der Waals surface area (Å²) < 4.78 is 52.8. The maximum absolute atomic E-state index is 14.1. The molecular weight excluding hydrogens is 1040 g/mol. The van der Waals surface area contributed by atoms with Gasteiger partial charge in [0, 0.05) is 81.8 Å². The predicted molar refractivity (Wildman–Crippen MR) is 316 cm³/mol. The van der Waals surface area contributed by atoms with Gasteiger partial charge in [-0.3, -0.25) is 38.7 Å². The van der Waals surface area contributed by atoms with Crippen LogP contribution in [0.1, 0.15) is 131 Å². The molecule has 20 nitrogen and oxygen atoms in total. The molecule has 438 valence electrons. The summed E-state index contributed by atoms with van der Waals surface area (Å²) in [5.41, 5.74) is 5.69. The second kappa shape index (κ2) is 28.5. The largest absolute Gasteiger partial charge is 0.379 e. The Bertz CT molecular complexity index is 3370. The van der Waals surface area contributed by atoms with Crippen LogP contribution in [0.5, 0.6) is 0 Å². The van der Waals surface area contributed by atoms with Crippen LogP contribution in [0, 0.1) is 11.8 Å². The van der Waals surface area contributed by atoms with Gasteiger partial charge in [0.05, 0.1) is 83.3 Å². The zero-order valence-electron chi connectivity index (χ0n) is 52.8. The molecule has 8 rings (SSSR count). The van der Waals surface area contributed by atoms with E-state index in [1.54, 1.807) is 53.9 Å². The Kier molecular flexibility index (Phi) is 18.7. The third-order valence-electron chi connectivity index (χ3n) is 15.4. The molecular formula is C62H82N12O8. The Balaban J connectivity index is 0.771. The van der Waals surface area contributed by atoms with Gasteiger partial charge in [-0.05, 0) is 114 Å². The second-order valence-electron chi connectivity index (χ2n) is 21.9. The molecule has 2 aliphatic heterocycles. The zero-order valence-corrected chi connectivity index (χ0v) is 47.8. The first-order valence-electron chi connectivity index (χ1n) is 31.2. The molecule has 6 heterocycles. The second-order valence-corrected chi connectivity index (χ2v) is 21.9. The Morgan fingerprint density at radius 1 is 0.598 bits per heavy atom. The molecule has 0 unspecified atom stereocenters. The fraction of sp³-hybridized carbons (Fsp3) is 0.484. The van der Waals surface area contributed by atoms with E-state index in [9.17, 15) is 28.8 Å². The number of hydrogen-bond donors (Lipinski definition) is 6. The monoisotopic (exact) mass is 1130 g/mol. The van der Waals surface area contributed by atoms with Gasteiger partial charge in [-0.2, -0.15) is 0 Å². The highest BCUT2D eigenvalue weighted by molar-refractivity contribution is 6.08. The van der Waals surface area contributed by atoms with E-state index in [0.29, 0.717) is 95.1 Å². The van der Waals surface area contributed by atoms with Crippen molar-refractivity contribution in [2.45, 2.75) is 116 Å². The third-order valence-corrected chi connectivity index (χ3v) is 15.4. The number of pyridine rings is 2. The number of benzene rings is 2. The van der Waals surface area contributed by atoms with Gasteiger partial charge in [-0.25, -0.2) is 0 Å². The van der Waals surface area contributed by atoms with Gasteiger partial charge in [0.2, 0.25) is 23.6 Å². The molecule has 20 heteroatoms. The van der Waals surface area contributed by atoms with Crippen LogP contribution in [0.15, 0.2) is 97.8 Å². The molecule has 6 atom stereocenters. The number of nitrogens with one attached hydrogen (secondary N) is 6. The standard InChI is InChI=1S/C62H82N12O8/c1-39(2)55(69-57(75)41(5)63-7)61(79)71-25-13-21-51(71)43-31-45(35-65-33-43)73-37-49(47-17-9-11-19-53(47)73)59(77)67-23-15-27-81-29-30-82-28-16-24-68-60(78)50-38-74(54-20-12-10-18-48(50)54)46-32-44(34-66-36-46)52-22-14-26-72(52)62(80)56(40(3)4)70-58(76)42(6)64-8/h9-12,17-20,31-42,51-52,55-56,63-64H,13-16,21-30H2,1-8H3,(H,67,77)(H,68,78)(H,69,75)(H,70,76)/t41-,42-,51-,52-,55-,56-/m0/s1/i7D2,8D3. The first-order chi connectivity index (χ1) is 41.6. The van der Waals surface area contributed by atoms with Crippen LogP contribution in [-0.2, 0) is 28.7 Å². The molecule has 0 aliphatic carbocycles. The Morgan fingerprint density at radius 2 is 1.04 bits per heavy atom. The van der Waals surface area contributed by atoms with Gasteiger partial charge in [-0.1, -0.05) is 64.1 Å². The highest BCUT2D eigenvalue weighted by Crippen LogP contribution is 2.36. The van der Waals surface area contributed by atoms with Crippen molar-refractivity contribution in [2.24, 2.45) is 11.8 Å². The quantitative estimate of drug-likeness (QED) is 0.0318. The van der Waals surface area contributed by atoms with Crippen LogP contribution in [-0.4, -0.2) is 155 Å². The van der Waals surface area contributed by atoms with Gasteiger partial charge >= 0.3 is 0 Å². The van der Waals surface area contributed by atoms with Gasteiger partial charge in [0.25, 0.3) is 11.8 Å². The number of likely N-dealkylation sites (tertiary alicyclic amines) is 2. The number of para-hydroxylation sites is 2. The van der Waals surface area contributed by atoms with Crippen LogP contribution in [0.3, 0.4) is 0 Å². The SMILES string of the molecule is [2H]C([2H])N[C@@H](C)C(=O)N[C@H](C(=O)N1CCC[C@H]1c1cncc(-n2cc(C(=O)NCCCOCCOCCCNC(=O)c3cn(-c4cncc([C@@H]5CCCN5C(=O)[C@@H](NC(=O)[C@H](C)NC([2H])([2H])[2H])C(C)C)c4)c4ccccc34)c3ccccc32)c1)C(C)C. The minimum Gasteiger partial charge on any atom is -0.379 e. The van der Waals surface area contributed by atoms with E-state index in [-0.39, 0.29) is 47.5 Å². The molecule has 4 aromatic heterocycles. The van der Waals surface area contributed by atoms with E-state index in [4.69, 9.17) is 16.3 Å². The summed E-state index contributed by atoms with van der Waals surface area (Å²) in [6.45, 7) is 9.80. The predicted octanol–water partition coefficient (Wildman–Crippen LogP) is 6.16. The highest BCUT2D eigenvalue weighted by atomic mass is 16.5. The summed E-state index contributed by atoms with van der Waals surface area (Å²) in [7, 11) is 0. The summed E-state index contributed by atoms with van der Waals surface area (Å²) in [5, 5.41) is 18.1. The van der Waals surface area contributed by atoms with Crippen molar-refractivity contribution < 1.29 is 45.1 Å². The van der Waals surface area contributed by atoms with Crippen LogP contribution in [0.25, 0.3) is 33.2 Å². The number of likely N-dealkylation sites (N-methyl/N-ethyl adjacent to an activating group) is 2. The van der Waals surface area contributed by atoms with Gasteiger partial charge in [0.1, 0.15) is 12.1 Å². The lowest BCUT2D eigenvalue weighted by Crippen LogP contribution is -2.54. The Morgan fingerprint density at radius 3 is 1.46 bits per heavy atom. The lowest BCUT2D eigenvalue weighted by atomic mass is 10.00. The lowest BCUT2D eigenvalue weighted by Gasteiger charge is -2.32. The van der Waals surface area contributed by atoms with Crippen molar-refractivity contribution >= 4 is 57.2 Å². The van der Waals surface area contributed by atoms with E-state index < -0.39 is 50.0 Å². The summed E-state index contributed by atoms with van der Waals surface area (Å²) in [4.78, 5) is 94.3. The first-order valence-corrected chi connectivity index (χ1v) is 28.5. The van der Waals surface area contributed by atoms with E-state index in [0.717, 1.165) is 51.5 Å². The first kappa shape index (κ1) is 53.8. The number of hydrogen-bond acceptors (Lipinski definition) is 12. The minimum absolute atomic E-state index is 0.205. The molecule has 6 aromatic rings. The van der Waals surface area contributed by atoms with E-state index >= 15 is 0 Å². The molecule has 6 amide bonds. The fourth-order valence-corrected chi connectivity index (χ4v) is 10.8. The number of rotatable bonds is 27. The number of carbonyl (C=O) groups excluding carboxylic acids is 6. The highest BCUT2D eigenvalue weighted by Gasteiger charge is 2.38. The molecule has 2 aromatic carbocycles. The van der Waals surface area contributed by atoms with Gasteiger partial charge < -0.3 is 60.3 Å². The molecule has 0 spiro atoms. The number of aromatic nitrogens is 4. The third kappa shape index (κ3) is 14.2. The Hall–Kier alpha value is -7.52. The summed E-state index contributed by atoms with van der Waals surface area (Å²) in [6.07, 6.45) is 14.6. The van der Waals surface area contributed by atoms with Gasteiger partial charge in [0.15, 0.2) is 0 Å². The van der Waals surface area contributed by atoms with Crippen LogP contribution < -0.4 is 31.9 Å². The molecule has 0 bridgehead atoms. The van der Waals surface area contributed by atoms with E-state index in [1.807, 2.05) is 97.5 Å². The summed E-state index contributed by atoms with van der Waals surface area (Å²) in [5.74, 6) is -2.44. The molecule has 2 aliphatic rings. The molecule has 2 fully saturated rings. The molecule has 2 saturated heterocycles.